The topological polar surface area (TPSA) is 99.0 Å². The van der Waals surface area contributed by atoms with Gasteiger partial charge in [0.1, 0.15) is 11.4 Å². The number of nitrogens with one attached hydrogen (secondary N) is 1. The van der Waals surface area contributed by atoms with E-state index in [2.05, 4.69) is 20.4 Å². The zero-order valence-corrected chi connectivity index (χ0v) is 15.0. The van der Waals surface area contributed by atoms with Crippen molar-refractivity contribution in [1.29, 1.82) is 0 Å². The fraction of sp³-hybridized carbons (Fsp3) is 0.118. The molecule has 28 heavy (non-hydrogen) atoms. The summed E-state index contributed by atoms with van der Waals surface area (Å²) >= 11 is 5.71. The van der Waals surface area contributed by atoms with Crippen molar-refractivity contribution in [3.05, 3.63) is 64.7 Å². The second-order valence-corrected chi connectivity index (χ2v) is 5.88. The molecule has 0 unspecified atom stereocenters. The first kappa shape index (κ1) is 19.4. The highest BCUT2D eigenvalue weighted by Gasteiger charge is 2.18. The number of esters is 1. The molecule has 0 bridgehead atoms. The number of ether oxygens (including phenoxy) is 1. The van der Waals surface area contributed by atoms with Crippen molar-refractivity contribution in [1.82, 2.24) is 19.7 Å². The van der Waals surface area contributed by atoms with Crippen LogP contribution >= 0.6 is 11.6 Å². The number of nitrogens with zero attached hydrogens (tertiary/aromatic N) is 4. The summed E-state index contributed by atoms with van der Waals surface area (Å²) in [6.45, 7) is 0. The molecule has 1 N–H and O–H groups in total. The number of amides is 1. The van der Waals surface area contributed by atoms with Crippen LogP contribution in [0.3, 0.4) is 0 Å². The summed E-state index contributed by atoms with van der Waals surface area (Å²) in [5.41, 5.74) is 0.262. The smallest absolute Gasteiger partial charge is 0.362 e. The van der Waals surface area contributed by atoms with Gasteiger partial charge in [0.2, 0.25) is 5.95 Å². The number of hydrogen-bond donors (Lipinski definition) is 1. The van der Waals surface area contributed by atoms with Crippen LogP contribution < -0.4 is 10.1 Å². The Morgan fingerprint density at radius 1 is 1.18 bits per heavy atom. The van der Waals surface area contributed by atoms with Crippen molar-refractivity contribution in [3.8, 4) is 5.75 Å². The van der Waals surface area contributed by atoms with E-state index in [1.807, 2.05) is 0 Å². The third-order valence-electron chi connectivity index (χ3n) is 3.48. The number of hydrogen-bond acceptors (Lipinski definition) is 6. The first-order chi connectivity index (χ1) is 13.3. The number of aryl methyl sites for hydroxylation is 1. The van der Waals surface area contributed by atoms with Crippen LogP contribution in [-0.4, -0.2) is 31.6 Å². The van der Waals surface area contributed by atoms with Crippen LogP contribution in [-0.2, 0) is 7.05 Å². The largest absolute Gasteiger partial charge is 0.422 e. The third kappa shape index (κ3) is 4.46. The number of carbonyl (C=O) groups excluding carboxylic acids is 2. The molecule has 0 saturated carbocycles. The number of pyridine rings is 1. The van der Waals surface area contributed by atoms with Gasteiger partial charge in [-0.25, -0.2) is 23.2 Å². The highest BCUT2D eigenvalue weighted by atomic mass is 35.5. The quantitative estimate of drug-likeness (QED) is 0.514. The van der Waals surface area contributed by atoms with Gasteiger partial charge in [0.05, 0.1) is 5.02 Å². The Morgan fingerprint density at radius 3 is 2.46 bits per heavy atom. The maximum atomic E-state index is 12.7. The summed E-state index contributed by atoms with van der Waals surface area (Å²) in [5, 5.41) is 6.41. The van der Waals surface area contributed by atoms with Crippen molar-refractivity contribution in [3.63, 3.8) is 0 Å². The molecule has 0 atom stereocenters. The summed E-state index contributed by atoms with van der Waals surface area (Å²) in [4.78, 5) is 31.6. The molecule has 0 radical (unpaired) electrons. The second-order valence-electron chi connectivity index (χ2n) is 5.45. The Labute approximate surface area is 162 Å². The molecule has 0 aliphatic carbocycles. The van der Waals surface area contributed by atoms with Gasteiger partial charge in [-0.05, 0) is 36.4 Å². The Balaban J connectivity index is 1.65. The Morgan fingerprint density at radius 2 is 1.89 bits per heavy atom. The number of anilines is 1. The van der Waals surface area contributed by atoms with Gasteiger partial charge < -0.3 is 4.74 Å². The molecule has 3 rings (SSSR count). The molecule has 2 heterocycles. The van der Waals surface area contributed by atoms with E-state index in [1.165, 1.54) is 49.6 Å². The van der Waals surface area contributed by atoms with Crippen molar-refractivity contribution < 1.29 is 23.1 Å². The maximum Gasteiger partial charge on any atom is 0.362 e. The van der Waals surface area contributed by atoms with E-state index in [0.717, 1.165) is 4.68 Å². The number of aromatic nitrogens is 4. The van der Waals surface area contributed by atoms with E-state index in [9.17, 15) is 18.4 Å². The lowest BCUT2D eigenvalue weighted by molar-refractivity contribution is 0.0728. The summed E-state index contributed by atoms with van der Waals surface area (Å²) in [5.74, 6) is -1.91. The molecule has 0 saturated heterocycles. The fourth-order valence-corrected chi connectivity index (χ4v) is 2.26. The lowest BCUT2D eigenvalue weighted by Gasteiger charge is -2.05. The Kier molecular flexibility index (Phi) is 5.59. The van der Waals surface area contributed by atoms with E-state index >= 15 is 0 Å². The van der Waals surface area contributed by atoms with Crippen molar-refractivity contribution >= 4 is 29.4 Å². The standard InChI is InChI=1S/C17H12ClF2N5O3/c1-25-14(13(19)20)22-17(24-25)23-15(26)9-2-5-11(6-3-9)28-16(27)12-7-4-10(18)8-21-12/h2-8,13H,1H3,(H,23,24,26). The molecule has 2 aromatic heterocycles. The third-order valence-corrected chi connectivity index (χ3v) is 3.70. The van der Waals surface area contributed by atoms with Gasteiger partial charge in [0, 0.05) is 18.8 Å². The zero-order valence-electron chi connectivity index (χ0n) is 14.3. The van der Waals surface area contributed by atoms with Crippen LogP contribution in [0.5, 0.6) is 5.75 Å². The van der Waals surface area contributed by atoms with Gasteiger partial charge >= 0.3 is 5.97 Å². The summed E-state index contributed by atoms with van der Waals surface area (Å²) in [6, 6.07) is 8.51. The molecule has 0 fully saturated rings. The number of benzene rings is 1. The second kappa shape index (κ2) is 8.09. The number of halogens is 3. The predicted octanol–water partition coefficient (Wildman–Crippen LogP) is 3.27. The number of carbonyl (C=O) groups is 2. The average molecular weight is 408 g/mol. The molecule has 0 spiro atoms. The van der Waals surface area contributed by atoms with Crippen LogP contribution in [0.2, 0.25) is 5.02 Å². The molecular formula is C17H12ClF2N5O3. The average Bonchev–Trinajstić information content (AvgIpc) is 3.03. The number of alkyl halides is 2. The van der Waals surface area contributed by atoms with Crippen LogP contribution in [0, 0.1) is 0 Å². The minimum Gasteiger partial charge on any atom is -0.422 e. The maximum absolute atomic E-state index is 12.7. The van der Waals surface area contributed by atoms with Crippen molar-refractivity contribution in [2.75, 3.05) is 5.32 Å². The van der Waals surface area contributed by atoms with E-state index in [4.69, 9.17) is 16.3 Å². The number of rotatable bonds is 5. The van der Waals surface area contributed by atoms with Crippen molar-refractivity contribution in [2.45, 2.75) is 6.43 Å². The minimum absolute atomic E-state index is 0.0716. The minimum atomic E-state index is -2.81. The molecule has 3 aromatic rings. The first-order valence-electron chi connectivity index (χ1n) is 7.77. The summed E-state index contributed by atoms with van der Waals surface area (Å²) in [7, 11) is 1.29. The predicted molar refractivity (Wildman–Crippen MR) is 94.6 cm³/mol. The molecule has 0 aliphatic heterocycles. The zero-order chi connectivity index (χ0) is 20.3. The highest BCUT2D eigenvalue weighted by molar-refractivity contribution is 6.30. The molecule has 8 nitrogen and oxygen atoms in total. The highest BCUT2D eigenvalue weighted by Crippen LogP contribution is 2.18. The molecule has 1 amide bonds. The van der Waals surface area contributed by atoms with Gasteiger partial charge in [-0.15, -0.1) is 5.10 Å². The van der Waals surface area contributed by atoms with Gasteiger partial charge in [-0.1, -0.05) is 11.6 Å². The van der Waals surface area contributed by atoms with Crippen LogP contribution in [0.1, 0.15) is 33.1 Å². The van der Waals surface area contributed by atoms with E-state index in [-0.39, 0.29) is 23.0 Å². The Hall–Kier alpha value is -3.40. The molecule has 1 aromatic carbocycles. The SMILES string of the molecule is Cn1nc(NC(=O)c2ccc(OC(=O)c3ccc(Cl)cn3)cc2)nc1C(F)F. The Bertz CT molecular complexity index is 1010. The molecule has 11 heteroatoms. The first-order valence-corrected chi connectivity index (χ1v) is 8.15. The van der Waals surface area contributed by atoms with Crippen LogP contribution in [0.4, 0.5) is 14.7 Å². The molecule has 144 valence electrons. The monoisotopic (exact) mass is 407 g/mol. The molecular weight excluding hydrogens is 396 g/mol. The van der Waals surface area contributed by atoms with Crippen LogP contribution in [0.25, 0.3) is 0 Å². The van der Waals surface area contributed by atoms with Crippen LogP contribution in [0.15, 0.2) is 42.6 Å². The van der Waals surface area contributed by atoms with Gasteiger partial charge in [-0.3, -0.25) is 10.1 Å². The fourth-order valence-electron chi connectivity index (χ4n) is 2.14. The van der Waals surface area contributed by atoms with Gasteiger partial charge in [-0.2, -0.15) is 4.98 Å². The summed E-state index contributed by atoms with van der Waals surface area (Å²) < 4.78 is 31.4. The van der Waals surface area contributed by atoms with Crippen molar-refractivity contribution in [2.24, 2.45) is 7.05 Å². The van der Waals surface area contributed by atoms with E-state index in [1.54, 1.807) is 0 Å². The van der Waals surface area contributed by atoms with Gasteiger partial charge in [0.25, 0.3) is 12.3 Å². The summed E-state index contributed by atoms with van der Waals surface area (Å²) in [6.07, 6.45) is -1.50. The normalized spacial score (nSPS) is 10.8. The van der Waals surface area contributed by atoms with E-state index in [0.29, 0.717) is 5.02 Å². The van der Waals surface area contributed by atoms with E-state index < -0.39 is 24.1 Å². The lowest BCUT2D eigenvalue weighted by Crippen LogP contribution is -2.14. The molecule has 0 aliphatic rings. The van der Waals surface area contributed by atoms with Gasteiger partial charge in [0.15, 0.2) is 5.82 Å². The lowest BCUT2D eigenvalue weighted by atomic mass is 10.2.